The van der Waals surface area contributed by atoms with Crippen molar-refractivity contribution in [3.8, 4) is 0 Å². The Hall–Kier alpha value is -3.88. The molecule has 1 aliphatic rings. The van der Waals surface area contributed by atoms with E-state index in [0.29, 0.717) is 37.3 Å². The van der Waals surface area contributed by atoms with Crippen molar-refractivity contribution in [2.45, 2.75) is 31.8 Å². The number of hydrogen-bond donors (Lipinski definition) is 2. The molecule has 1 aliphatic heterocycles. The highest BCUT2D eigenvalue weighted by atomic mass is 16.2. The Morgan fingerprint density at radius 2 is 1.82 bits per heavy atom. The third-order valence-electron chi connectivity index (χ3n) is 6.20. The molecular weight excluding hydrogens is 425 g/mol. The summed E-state index contributed by atoms with van der Waals surface area (Å²) in [6.45, 7) is 2.52. The van der Waals surface area contributed by atoms with Gasteiger partial charge in [0.15, 0.2) is 0 Å². The van der Waals surface area contributed by atoms with E-state index in [-0.39, 0.29) is 11.9 Å². The number of carbonyl (C=O) groups excluding carboxylic acids is 1. The van der Waals surface area contributed by atoms with Gasteiger partial charge in [-0.25, -0.2) is 9.78 Å². The number of hydrogen-bond acceptors (Lipinski definition) is 5. The van der Waals surface area contributed by atoms with Crippen molar-refractivity contribution >= 4 is 30.8 Å². The highest BCUT2D eigenvalue weighted by molar-refractivity contribution is 6.36. The van der Waals surface area contributed by atoms with E-state index in [4.69, 9.17) is 12.8 Å². The van der Waals surface area contributed by atoms with Gasteiger partial charge < -0.3 is 15.5 Å². The van der Waals surface area contributed by atoms with Gasteiger partial charge in [-0.2, -0.15) is 9.61 Å². The summed E-state index contributed by atoms with van der Waals surface area (Å²) in [7, 11) is 6.15. The summed E-state index contributed by atoms with van der Waals surface area (Å²) in [5.74, 6) is 1.08. The van der Waals surface area contributed by atoms with Crippen LogP contribution >= 0.6 is 0 Å². The summed E-state index contributed by atoms with van der Waals surface area (Å²) >= 11 is 0. The zero-order valence-corrected chi connectivity index (χ0v) is 18.9. The van der Waals surface area contributed by atoms with Gasteiger partial charge in [0.1, 0.15) is 19.3 Å². The molecule has 1 saturated heterocycles. The molecule has 2 N–H and O–H groups in total. The molecule has 0 saturated carbocycles. The van der Waals surface area contributed by atoms with Crippen molar-refractivity contribution in [1.82, 2.24) is 29.8 Å². The molecule has 0 aliphatic carbocycles. The second-order valence-corrected chi connectivity index (χ2v) is 8.52. The predicted molar refractivity (Wildman–Crippen MR) is 132 cm³/mol. The van der Waals surface area contributed by atoms with Crippen molar-refractivity contribution in [3.63, 3.8) is 0 Å². The molecule has 1 fully saturated rings. The number of benzene rings is 1. The second kappa shape index (κ2) is 9.95. The number of pyridine rings is 1. The third kappa shape index (κ3) is 4.88. The van der Waals surface area contributed by atoms with E-state index in [0.717, 1.165) is 35.5 Å². The minimum atomic E-state index is -0.0235. The van der Waals surface area contributed by atoms with Gasteiger partial charge in [-0.05, 0) is 35.5 Å². The minimum absolute atomic E-state index is 0.0235. The van der Waals surface area contributed by atoms with E-state index in [2.05, 4.69) is 20.7 Å². The van der Waals surface area contributed by atoms with E-state index in [9.17, 15) is 4.79 Å². The Bertz CT molecular complexity index is 1250. The lowest BCUT2D eigenvalue weighted by molar-refractivity contribution is 0.180. The summed E-state index contributed by atoms with van der Waals surface area (Å²) in [5, 5.41) is 10.9. The number of amides is 2. The predicted octanol–water partition coefficient (Wildman–Crippen LogP) is 2.62. The van der Waals surface area contributed by atoms with Gasteiger partial charge in [-0.3, -0.25) is 4.98 Å². The molecule has 4 heterocycles. The topological polar surface area (TPSA) is 87.5 Å². The zero-order chi connectivity index (χ0) is 23.3. The molecule has 2 radical (unpaired) electrons. The minimum Gasteiger partial charge on any atom is -0.366 e. The second-order valence-electron chi connectivity index (χ2n) is 8.52. The molecular formula is C25H26BN7O. The molecule has 0 spiro atoms. The lowest BCUT2D eigenvalue weighted by Gasteiger charge is -2.32. The number of nitrogens with zero attached hydrogens (tertiary/aromatic N) is 5. The summed E-state index contributed by atoms with van der Waals surface area (Å²) in [4.78, 5) is 23.5. The fourth-order valence-corrected chi connectivity index (χ4v) is 4.29. The first-order valence-corrected chi connectivity index (χ1v) is 11.5. The average molecular weight is 451 g/mol. The highest BCUT2D eigenvalue weighted by Gasteiger charge is 2.25. The summed E-state index contributed by atoms with van der Waals surface area (Å²) in [6.07, 6.45) is 6.91. The standard InChI is InChI=1S/C25H26BN7O/c26-21-17-30-33-23(28-16-19-7-4-10-27-14-19)13-22(31-24(21)33)20-8-11-32(12-9-20)25(34)29-15-18-5-2-1-3-6-18/h1-7,10,13-14,17,20,28H,8-9,11-12,15-16H2,(H,29,34). The molecule has 34 heavy (non-hydrogen) atoms. The zero-order valence-electron chi connectivity index (χ0n) is 18.9. The van der Waals surface area contributed by atoms with Crippen LogP contribution in [0.3, 0.4) is 0 Å². The van der Waals surface area contributed by atoms with E-state index in [1.165, 1.54) is 0 Å². The van der Waals surface area contributed by atoms with Crippen LogP contribution in [-0.4, -0.2) is 51.4 Å². The van der Waals surface area contributed by atoms with Crippen molar-refractivity contribution < 1.29 is 4.79 Å². The van der Waals surface area contributed by atoms with Crippen molar-refractivity contribution in [3.05, 3.63) is 83.9 Å². The number of aromatic nitrogens is 4. The Kier molecular flexibility index (Phi) is 6.42. The molecule has 9 heteroatoms. The van der Waals surface area contributed by atoms with Crippen molar-refractivity contribution in [2.24, 2.45) is 0 Å². The van der Waals surface area contributed by atoms with Crippen LogP contribution in [0.25, 0.3) is 5.65 Å². The SMILES string of the molecule is [B]c1cnn2c(NCc3cccnc3)cc(C3CCN(C(=O)NCc4ccccc4)CC3)nc12. The first-order chi connectivity index (χ1) is 16.7. The van der Waals surface area contributed by atoms with Gasteiger partial charge in [0.25, 0.3) is 0 Å². The third-order valence-corrected chi connectivity index (χ3v) is 6.20. The molecule has 1 aromatic carbocycles. The molecule has 2 amide bonds. The maximum atomic E-state index is 12.6. The van der Waals surface area contributed by atoms with Crippen molar-refractivity contribution in [1.29, 1.82) is 0 Å². The van der Waals surface area contributed by atoms with Gasteiger partial charge >= 0.3 is 6.03 Å². The monoisotopic (exact) mass is 451 g/mol. The van der Waals surface area contributed by atoms with Gasteiger partial charge in [0, 0.05) is 62.4 Å². The molecule has 8 nitrogen and oxygen atoms in total. The van der Waals surface area contributed by atoms with Gasteiger partial charge in [-0.15, -0.1) is 0 Å². The van der Waals surface area contributed by atoms with Crippen molar-refractivity contribution in [2.75, 3.05) is 18.4 Å². The lowest BCUT2D eigenvalue weighted by Crippen LogP contribution is -2.43. The molecule has 170 valence electrons. The Morgan fingerprint density at radius 1 is 1.03 bits per heavy atom. The van der Waals surface area contributed by atoms with E-state index >= 15 is 0 Å². The number of fused-ring (bicyclic) bond motifs is 1. The number of anilines is 1. The summed E-state index contributed by atoms with van der Waals surface area (Å²) in [6, 6.07) is 15.9. The number of urea groups is 1. The van der Waals surface area contributed by atoms with E-state index in [1.807, 2.05) is 59.6 Å². The molecule has 4 aromatic rings. The Balaban J connectivity index is 1.25. The van der Waals surface area contributed by atoms with Crippen LogP contribution < -0.4 is 16.1 Å². The van der Waals surface area contributed by atoms with Crippen LogP contribution in [0.1, 0.15) is 35.6 Å². The average Bonchev–Trinajstić information content (AvgIpc) is 3.28. The highest BCUT2D eigenvalue weighted by Crippen LogP contribution is 2.29. The maximum absolute atomic E-state index is 12.6. The van der Waals surface area contributed by atoms with Gasteiger partial charge in [0.2, 0.25) is 0 Å². The molecule has 5 rings (SSSR count). The fourth-order valence-electron chi connectivity index (χ4n) is 4.29. The number of nitrogens with one attached hydrogen (secondary N) is 2. The first kappa shape index (κ1) is 21.9. The van der Waals surface area contributed by atoms with Gasteiger partial charge in [0.05, 0.1) is 0 Å². The number of carbonyl (C=O) groups is 1. The normalized spacial score (nSPS) is 14.3. The fraction of sp³-hybridized carbons (Fsp3) is 0.280. The van der Waals surface area contributed by atoms with Crippen LogP contribution in [-0.2, 0) is 13.1 Å². The molecule has 0 unspecified atom stereocenters. The summed E-state index contributed by atoms with van der Waals surface area (Å²) < 4.78 is 1.74. The maximum Gasteiger partial charge on any atom is 0.317 e. The quantitative estimate of drug-likeness (QED) is 0.440. The number of piperidine rings is 1. The van der Waals surface area contributed by atoms with Crippen LogP contribution in [0, 0.1) is 0 Å². The molecule has 0 bridgehead atoms. The van der Waals surface area contributed by atoms with Gasteiger partial charge in [-0.1, -0.05) is 36.4 Å². The van der Waals surface area contributed by atoms with Crippen LogP contribution in [0.2, 0.25) is 0 Å². The van der Waals surface area contributed by atoms with Crippen LogP contribution in [0.5, 0.6) is 0 Å². The number of likely N-dealkylation sites (tertiary alicyclic amines) is 1. The van der Waals surface area contributed by atoms with E-state index < -0.39 is 0 Å². The number of rotatable bonds is 6. The molecule has 3 aromatic heterocycles. The van der Waals surface area contributed by atoms with Crippen LogP contribution in [0.15, 0.2) is 67.1 Å². The van der Waals surface area contributed by atoms with E-state index in [1.54, 1.807) is 16.9 Å². The largest absolute Gasteiger partial charge is 0.366 e. The Labute approximate surface area is 199 Å². The molecule has 0 atom stereocenters. The first-order valence-electron chi connectivity index (χ1n) is 11.5. The lowest BCUT2D eigenvalue weighted by atomic mass is 9.93. The Morgan fingerprint density at radius 3 is 2.59 bits per heavy atom. The summed E-state index contributed by atoms with van der Waals surface area (Å²) in [5.41, 5.74) is 4.33. The van der Waals surface area contributed by atoms with Crippen LogP contribution in [0.4, 0.5) is 10.6 Å². The smallest absolute Gasteiger partial charge is 0.317 e.